The SMILES string of the molecule is CC(C)c1nc(C(=O)NCCC(=O)N(C)C)n[nH]1. The van der Waals surface area contributed by atoms with Crippen molar-refractivity contribution in [2.75, 3.05) is 20.6 Å². The summed E-state index contributed by atoms with van der Waals surface area (Å²) >= 11 is 0. The Morgan fingerprint density at radius 1 is 1.39 bits per heavy atom. The van der Waals surface area contributed by atoms with Crippen LogP contribution in [0.3, 0.4) is 0 Å². The van der Waals surface area contributed by atoms with E-state index < -0.39 is 0 Å². The van der Waals surface area contributed by atoms with E-state index in [-0.39, 0.29) is 36.5 Å². The fraction of sp³-hybridized carbons (Fsp3) is 0.636. The van der Waals surface area contributed by atoms with Crippen molar-refractivity contribution in [1.82, 2.24) is 25.4 Å². The number of H-pyrrole nitrogens is 1. The second-order valence-electron chi connectivity index (χ2n) is 4.49. The normalized spacial score (nSPS) is 10.5. The Labute approximate surface area is 106 Å². The molecule has 0 aromatic carbocycles. The van der Waals surface area contributed by atoms with Crippen LogP contribution in [0, 0.1) is 0 Å². The Kier molecular flexibility index (Phi) is 4.82. The molecular weight excluding hydrogens is 234 g/mol. The second kappa shape index (κ2) is 6.13. The number of nitrogens with zero attached hydrogens (tertiary/aromatic N) is 3. The first-order chi connectivity index (χ1) is 8.41. The molecule has 1 rings (SSSR count). The zero-order valence-electron chi connectivity index (χ0n) is 11.1. The van der Waals surface area contributed by atoms with E-state index in [2.05, 4.69) is 20.5 Å². The molecular formula is C11H19N5O2. The van der Waals surface area contributed by atoms with Crippen molar-refractivity contribution in [3.63, 3.8) is 0 Å². The van der Waals surface area contributed by atoms with Gasteiger partial charge in [0, 0.05) is 33.0 Å². The fourth-order valence-corrected chi connectivity index (χ4v) is 1.22. The van der Waals surface area contributed by atoms with Gasteiger partial charge in [0.2, 0.25) is 11.7 Å². The molecule has 0 fully saturated rings. The van der Waals surface area contributed by atoms with Crippen molar-refractivity contribution in [2.45, 2.75) is 26.2 Å². The Hall–Kier alpha value is -1.92. The number of rotatable bonds is 5. The van der Waals surface area contributed by atoms with Gasteiger partial charge in [-0.2, -0.15) is 0 Å². The molecule has 0 aliphatic heterocycles. The third-order valence-electron chi connectivity index (χ3n) is 2.38. The Morgan fingerprint density at radius 3 is 2.56 bits per heavy atom. The summed E-state index contributed by atoms with van der Waals surface area (Å²) in [6, 6.07) is 0. The lowest BCUT2D eigenvalue weighted by atomic mass is 10.2. The molecule has 0 saturated heterocycles. The van der Waals surface area contributed by atoms with Crippen molar-refractivity contribution in [3.8, 4) is 0 Å². The van der Waals surface area contributed by atoms with E-state index in [9.17, 15) is 9.59 Å². The van der Waals surface area contributed by atoms with Crippen LogP contribution in [-0.4, -0.2) is 52.5 Å². The molecule has 0 aliphatic carbocycles. The van der Waals surface area contributed by atoms with Gasteiger partial charge in [-0.15, -0.1) is 5.10 Å². The maximum absolute atomic E-state index is 11.7. The average Bonchev–Trinajstić information content (AvgIpc) is 2.77. The summed E-state index contributed by atoms with van der Waals surface area (Å²) in [6.45, 7) is 4.19. The minimum atomic E-state index is -0.371. The molecule has 0 unspecified atom stereocenters. The van der Waals surface area contributed by atoms with Gasteiger partial charge >= 0.3 is 0 Å². The molecule has 0 spiro atoms. The van der Waals surface area contributed by atoms with Gasteiger partial charge in [0.1, 0.15) is 5.82 Å². The molecule has 1 heterocycles. The first kappa shape index (κ1) is 14.1. The molecule has 0 aliphatic rings. The van der Waals surface area contributed by atoms with E-state index in [4.69, 9.17) is 0 Å². The molecule has 7 heteroatoms. The van der Waals surface area contributed by atoms with Gasteiger partial charge in [0.15, 0.2) is 0 Å². The summed E-state index contributed by atoms with van der Waals surface area (Å²) in [6.07, 6.45) is 0.264. The predicted octanol–water partition coefficient (Wildman–Crippen LogP) is 0.136. The number of aromatic nitrogens is 3. The van der Waals surface area contributed by atoms with Gasteiger partial charge in [-0.05, 0) is 0 Å². The zero-order valence-corrected chi connectivity index (χ0v) is 11.1. The number of carbonyl (C=O) groups excluding carboxylic acids is 2. The summed E-state index contributed by atoms with van der Waals surface area (Å²) in [4.78, 5) is 28.5. The molecule has 0 radical (unpaired) electrons. The van der Waals surface area contributed by atoms with E-state index in [1.54, 1.807) is 14.1 Å². The lowest BCUT2D eigenvalue weighted by molar-refractivity contribution is -0.128. The van der Waals surface area contributed by atoms with Crippen molar-refractivity contribution < 1.29 is 9.59 Å². The molecule has 2 N–H and O–H groups in total. The van der Waals surface area contributed by atoms with Gasteiger partial charge in [-0.25, -0.2) is 4.98 Å². The molecule has 7 nitrogen and oxygen atoms in total. The molecule has 18 heavy (non-hydrogen) atoms. The Balaban J connectivity index is 2.43. The Bertz CT molecular complexity index is 425. The third-order valence-corrected chi connectivity index (χ3v) is 2.38. The van der Waals surface area contributed by atoms with Gasteiger partial charge in [-0.3, -0.25) is 14.7 Å². The number of amides is 2. The van der Waals surface area contributed by atoms with Crippen LogP contribution in [0.4, 0.5) is 0 Å². The van der Waals surface area contributed by atoms with Crippen LogP contribution in [-0.2, 0) is 4.79 Å². The van der Waals surface area contributed by atoms with Crippen molar-refractivity contribution in [1.29, 1.82) is 0 Å². The van der Waals surface area contributed by atoms with E-state index in [1.807, 2.05) is 13.8 Å². The molecule has 1 aromatic heterocycles. The number of hydrogen-bond acceptors (Lipinski definition) is 4. The Morgan fingerprint density at radius 2 is 2.06 bits per heavy atom. The number of aromatic amines is 1. The van der Waals surface area contributed by atoms with Gasteiger partial charge in [0.25, 0.3) is 5.91 Å². The lowest BCUT2D eigenvalue weighted by Gasteiger charge is -2.09. The summed E-state index contributed by atoms with van der Waals surface area (Å²) < 4.78 is 0. The molecule has 0 bridgehead atoms. The largest absolute Gasteiger partial charge is 0.349 e. The highest BCUT2D eigenvalue weighted by Crippen LogP contribution is 2.07. The van der Waals surface area contributed by atoms with E-state index >= 15 is 0 Å². The standard InChI is InChI=1S/C11H19N5O2/c1-7(2)9-13-10(15-14-9)11(18)12-6-5-8(17)16(3)4/h7H,5-6H2,1-4H3,(H,12,18)(H,13,14,15). The van der Waals surface area contributed by atoms with Crippen molar-refractivity contribution in [2.24, 2.45) is 0 Å². The highest BCUT2D eigenvalue weighted by molar-refractivity contribution is 5.90. The fourth-order valence-electron chi connectivity index (χ4n) is 1.22. The van der Waals surface area contributed by atoms with Crippen LogP contribution in [0.2, 0.25) is 0 Å². The summed E-state index contributed by atoms with van der Waals surface area (Å²) in [5, 5.41) is 9.14. The van der Waals surface area contributed by atoms with Gasteiger partial charge < -0.3 is 10.2 Å². The maximum Gasteiger partial charge on any atom is 0.290 e. The minimum Gasteiger partial charge on any atom is -0.349 e. The van der Waals surface area contributed by atoms with Crippen LogP contribution in [0.1, 0.15) is 42.6 Å². The van der Waals surface area contributed by atoms with E-state index in [0.717, 1.165) is 0 Å². The van der Waals surface area contributed by atoms with E-state index in [0.29, 0.717) is 5.82 Å². The van der Waals surface area contributed by atoms with Crippen LogP contribution in [0.25, 0.3) is 0 Å². The lowest BCUT2D eigenvalue weighted by Crippen LogP contribution is -2.30. The topological polar surface area (TPSA) is 91.0 Å². The minimum absolute atomic E-state index is 0.0341. The maximum atomic E-state index is 11.7. The van der Waals surface area contributed by atoms with Crippen LogP contribution < -0.4 is 5.32 Å². The number of carbonyl (C=O) groups is 2. The number of nitrogens with one attached hydrogen (secondary N) is 2. The molecule has 100 valence electrons. The average molecular weight is 253 g/mol. The predicted molar refractivity (Wildman–Crippen MR) is 66.1 cm³/mol. The van der Waals surface area contributed by atoms with Crippen LogP contribution in [0.15, 0.2) is 0 Å². The quantitative estimate of drug-likeness (QED) is 0.780. The highest BCUT2D eigenvalue weighted by Gasteiger charge is 2.14. The van der Waals surface area contributed by atoms with Gasteiger partial charge in [-0.1, -0.05) is 13.8 Å². The van der Waals surface area contributed by atoms with Crippen molar-refractivity contribution >= 4 is 11.8 Å². The molecule has 0 atom stereocenters. The second-order valence-corrected chi connectivity index (χ2v) is 4.49. The number of hydrogen-bond donors (Lipinski definition) is 2. The highest BCUT2D eigenvalue weighted by atomic mass is 16.2. The molecule has 2 amide bonds. The van der Waals surface area contributed by atoms with Gasteiger partial charge in [0.05, 0.1) is 0 Å². The van der Waals surface area contributed by atoms with E-state index in [1.165, 1.54) is 4.90 Å². The smallest absolute Gasteiger partial charge is 0.290 e. The summed E-state index contributed by atoms with van der Waals surface area (Å²) in [5.41, 5.74) is 0. The zero-order chi connectivity index (χ0) is 13.7. The first-order valence-electron chi connectivity index (χ1n) is 5.82. The van der Waals surface area contributed by atoms with Crippen LogP contribution in [0.5, 0.6) is 0 Å². The first-order valence-corrected chi connectivity index (χ1v) is 5.82. The third kappa shape index (κ3) is 3.83. The summed E-state index contributed by atoms with van der Waals surface area (Å²) in [7, 11) is 3.35. The monoisotopic (exact) mass is 253 g/mol. The summed E-state index contributed by atoms with van der Waals surface area (Å²) in [5.74, 6) is 0.563. The molecule has 1 aromatic rings. The van der Waals surface area contributed by atoms with Crippen molar-refractivity contribution in [3.05, 3.63) is 11.6 Å². The van der Waals surface area contributed by atoms with Crippen LogP contribution >= 0.6 is 0 Å². The molecule has 0 saturated carbocycles.